The number of aliphatic imine (C=N–C) groups is 1. The summed E-state index contributed by atoms with van der Waals surface area (Å²) in [4.78, 5) is 7.14. The smallest absolute Gasteiger partial charge is 0.191 e. The predicted octanol–water partition coefficient (Wildman–Crippen LogP) is 1.94. The van der Waals surface area contributed by atoms with Crippen molar-refractivity contribution in [3.05, 3.63) is 0 Å². The number of ether oxygens (including phenoxy) is 1. The van der Waals surface area contributed by atoms with Gasteiger partial charge in [0.05, 0.1) is 0 Å². The normalized spacial score (nSPS) is 22.8. The molecule has 2 aliphatic rings. The SMILES string of the molecule is CN=C(NCCCOC)NCC1(N2CCSCC2)CCCCC1. The fraction of sp³-hybridized carbons (Fsp3) is 0.941. The van der Waals surface area contributed by atoms with Crippen LogP contribution in [0.2, 0.25) is 0 Å². The van der Waals surface area contributed by atoms with Crippen LogP contribution in [0.5, 0.6) is 0 Å². The summed E-state index contributed by atoms with van der Waals surface area (Å²) in [6, 6.07) is 0. The van der Waals surface area contributed by atoms with Gasteiger partial charge in [0.2, 0.25) is 0 Å². The second-order valence-electron chi connectivity index (χ2n) is 6.58. The number of nitrogens with one attached hydrogen (secondary N) is 2. The maximum atomic E-state index is 5.10. The van der Waals surface area contributed by atoms with E-state index in [4.69, 9.17) is 4.74 Å². The van der Waals surface area contributed by atoms with E-state index in [1.807, 2.05) is 7.05 Å². The molecule has 1 heterocycles. The first-order valence-corrected chi connectivity index (χ1v) is 10.2. The molecule has 0 amide bonds. The standard InChI is InChI=1S/C17H34N4OS/c1-18-16(19-9-6-12-22-2)20-15-17(7-4-3-5-8-17)21-10-13-23-14-11-21/h3-15H2,1-2H3,(H2,18,19,20). The summed E-state index contributed by atoms with van der Waals surface area (Å²) in [6.07, 6.45) is 7.78. The van der Waals surface area contributed by atoms with Crippen molar-refractivity contribution >= 4 is 17.7 Å². The van der Waals surface area contributed by atoms with Crippen molar-refractivity contribution < 1.29 is 4.74 Å². The summed E-state index contributed by atoms with van der Waals surface area (Å²) >= 11 is 2.10. The minimum Gasteiger partial charge on any atom is -0.385 e. The largest absolute Gasteiger partial charge is 0.385 e. The lowest BCUT2D eigenvalue weighted by molar-refractivity contribution is 0.0626. The van der Waals surface area contributed by atoms with Gasteiger partial charge in [-0.15, -0.1) is 0 Å². The Bertz CT molecular complexity index is 353. The van der Waals surface area contributed by atoms with Crippen LogP contribution in [0.25, 0.3) is 0 Å². The van der Waals surface area contributed by atoms with E-state index >= 15 is 0 Å². The van der Waals surface area contributed by atoms with E-state index in [2.05, 4.69) is 32.3 Å². The molecule has 0 atom stereocenters. The second kappa shape index (κ2) is 10.4. The highest BCUT2D eigenvalue weighted by molar-refractivity contribution is 7.99. The minimum absolute atomic E-state index is 0.337. The summed E-state index contributed by atoms with van der Waals surface area (Å²) in [5.41, 5.74) is 0.337. The lowest BCUT2D eigenvalue weighted by atomic mass is 9.80. The first kappa shape index (κ1) is 18.9. The number of thioether (sulfide) groups is 1. The van der Waals surface area contributed by atoms with Gasteiger partial charge in [0.1, 0.15) is 0 Å². The molecule has 1 aliphatic heterocycles. The molecule has 2 rings (SSSR count). The van der Waals surface area contributed by atoms with E-state index in [-0.39, 0.29) is 0 Å². The fourth-order valence-electron chi connectivity index (χ4n) is 3.74. The molecule has 1 saturated carbocycles. The molecule has 0 radical (unpaired) electrons. The second-order valence-corrected chi connectivity index (χ2v) is 7.81. The molecule has 2 N–H and O–H groups in total. The fourth-order valence-corrected chi connectivity index (χ4v) is 4.65. The van der Waals surface area contributed by atoms with Crippen molar-refractivity contribution in [1.82, 2.24) is 15.5 Å². The van der Waals surface area contributed by atoms with Gasteiger partial charge in [0, 0.05) is 64.0 Å². The topological polar surface area (TPSA) is 48.9 Å². The van der Waals surface area contributed by atoms with Gasteiger partial charge in [-0.05, 0) is 19.3 Å². The van der Waals surface area contributed by atoms with E-state index in [1.54, 1.807) is 7.11 Å². The van der Waals surface area contributed by atoms with E-state index in [0.717, 1.165) is 32.1 Å². The van der Waals surface area contributed by atoms with E-state index < -0.39 is 0 Å². The number of hydrogen-bond donors (Lipinski definition) is 2. The van der Waals surface area contributed by atoms with Gasteiger partial charge < -0.3 is 15.4 Å². The molecule has 0 aromatic rings. The van der Waals surface area contributed by atoms with Crippen LogP contribution in [0.3, 0.4) is 0 Å². The molecule has 5 nitrogen and oxygen atoms in total. The molecule has 1 aliphatic carbocycles. The number of nitrogens with zero attached hydrogens (tertiary/aromatic N) is 2. The van der Waals surface area contributed by atoms with Crippen molar-refractivity contribution in [3.63, 3.8) is 0 Å². The third-order valence-corrected chi connectivity index (χ3v) is 6.03. The quantitative estimate of drug-likeness (QED) is 0.421. The van der Waals surface area contributed by atoms with Crippen LogP contribution in [-0.4, -0.2) is 74.8 Å². The maximum Gasteiger partial charge on any atom is 0.191 e. The highest BCUT2D eigenvalue weighted by Gasteiger charge is 2.38. The van der Waals surface area contributed by atoms with Gasteiger partial charge in [0.25, 0.3) is 0 Å². The Balaban J connectivity index is 1.86. The summed E-state index contributed by atoms with van der Waals surface area (Å²) < 4.78 is 5.10. The van der Waals surface area contributed by atoms with Crippen LogP contribution in [0, 0.1) is 0 Å². The van der Waals surface area contributed by atoms with Crippen LogP contribution in [0.4, 0.5) is 0 Å². The lowest BCUT2D eigenvalue weighted by Gasteiger charge is -2.48. The Morgan fingerprint density at radius 1 is 1.17 bits per heavy atom. The van der Waals surface area contributed by atoms with Crippen molar-refractivity contribution in [2.24, 2.45) is 4.99 Å². The predicted molar refractivity (Wildman–Crippen MR) is 101 cm³/mol. The van der Waals surface area contributed by atoms with Crippen LogP contribution < -0.4 is 10.6 Å². The minimum atomic E-state index is 0.337. The monoisotopic (exact) mass is 342 g/mol. The molecule has 0 aromatic heterocycles. The van der Waals surface area contributed by atoms with Crippen LogP contribution in [0.1, 0.15) is 38.5 Å². The van der Waals surface area contributed by atoms with Crippen molar-refractivity contribution in [1.29, 1.82) is 0 Å². The lowest BCUT2D eigenvalue weighted by Crippen LogP contribution is -2.59. The van der Waals surface area contributed by atoms with Crippen LogP contribution in [0.15, 0.2) is 4.99 Å². The summed E-state index contributed by atoms with van der Waals surface area (Å²) in [7, 11) is 3.60. The van der Waals surface area contributed by atoms with Crippen molar-refractivity contribution in [2.75, 3.05) is 58.4 Å². The molecule has 134 valence electrons. The molecule has 0 unspecified atom stereocenters. The number of hydrogen-bond acceptors (Lipinski definition) is 4. The number of rotatable bonds is 7. The summed E-state index contributed by atoms with van der Waals surface area (Å²) in [5.74, 6) is 3.50. The molecule has 2 fully saturated rings. The Labute approximate surface area is 146 Å². The van der Waals surface area contributed by atoms with Gasteiger partial charge in [-0.1, -0.05) is 19.3 Å². The number of guanidine groups is 1. The zero-order chi connectivity index (χ0) is 16.4. The van der Waals surface area contributed by atoms with E-state index in [0.29, 0.717) is 5.54 Å². The first-order chi connectivity index (χ1) is 11.3. The Morgan fingerprint density at radius 3 is 2.57 bits per heavy atom. The molecule has 1 saturated heterocycles. The van der Waals surface area contributed by atoms with Crippen LogP contribution in [-0.2, 0) is 4.74 Å². The molecule has 0 spiro atoms. The Kier molecular flexibility index (Phi) is 8.55. The van der Waals surface area contributed by atoms with E-state index in [1.165, 1.54) is 56.7 Å². The van der Waals surface area contributed by atoms with Crippen molar-refractivity contribution in [2.45, 2.75) is 44.1 Å². The molecule has 0 aromatic carbocycles. The third kappa shape index (κ3) is 5.84. The van der Waals surface area contributed by atoms with E-state index in [9.17, 15) is 0 Å². The average molecular weight is 343 g/mol. The Hall–Kier alpha value is -0.460. The Morgan fingerprint density at radius 2 is 1.91 bits per heavy atom. The molecular weight excluding hydrogens is 308 g/mol. The molecular formula is C17H34N4OS. The molecule has 23 heavy (non-hydrogen) atoms. The third-order valence-electron chi connectivity index (χ3n) is 5.09. The van der Waals surface area contributed by atoms with Crippen LogP contribution >= 0.6 is 11.8 Å². The molecule has 6 heteroatoms. The molecule has 0 bridgehead atoms. The van der Waals surface area contributed by atoms with Gasteiger partial charge in [-0.2, -0.15) is 11.8 Å². The van der Waals surface area contributed by atoms with Crippen molar-refractivity contribution in [3.8, 4) is 0 Å². The van der Waals surface area contributed by atoms with Gasteiger partial charge in [0.15, 0.2) is 5.96 Å². The number of methoxy groups -OCH3 is 1. The highest BCUT2D eigenvalue weighted by Crippen LogP contribution is 2.34. The zero-order valence-corrected chi connectivity index (χ0v) is 15.7. The zero-order valence-electron chi connectivity index (χ0n) is 14.9. The summed E-state index contributed by atoms with van der Waals surface area (Å²) in [5, 5.41) is 7.00. The average Bonchev–Trinajstić information content (AvgIpc) is 2.63. The van der Waals surface area contributed by atoms with Gasteiger partial charge in [-0.3, -0.25) is 9.89 Å². The first-order valence-electron chi connectivity index (χ1n) is 9.07. The van der Waals surface area contributed by atoms with Gasteiger partial charge in [-0.25, -0.2) is 0 Å². The maximum absolute atomic E-state index is 5.10. The summed E-state index contributed by atoms with van der Waals surface area (Å²) in [6.45, 7) is 5.19. The highest BCUT2D eigenvalue weighted by atomic mass is 32.2. The van der Waals surface area contributed by atoms with Gasteiger partial charge >= 0.3 is 0 Å².